The van der Waals surface area contributed by atoms with Crippen LogP contribution in [0.2, 0.25) is 0 Å². The number of carbonyl (C=O) groups excluding carboxylic acids is 1. The largest absolute Gasteiger partial charge is 0.341 e. The van der Waals surface area contributed by atoms with Crippen molar-refractivity contribution in [3.8, 4) is 0 Å². The standard InChI is InChI=1S/C17H25NO/c1-13-9-10-16(14(2)11-13)17(19)18(3)12-15-7-5-4-6-8-15/h9-11,15H,4-8,12H2,1-3H3. The molecule has 2 rings (SSSR count). The minimum absolute atomic E-state index is 0.170. The lowest BCUT2D eigenvalue weighted by atomic mass is 9.89. The van der Waals surface area contributed by atoms with E-state index in [1.165, 1.54) is 37.7 Å². The summed E-state index contributed by atoms with van der Waals surface area (Å²) in [6, 6.07) is 6.07. The molecule has 1 saturated carbocycles. The van der Waals surface area contributed by atoms with Crippen LogP contribution in [-0.2, 0) is 0 Å². The number of hydrogen-bond acceptors (Lipinski definition) is 1. The van der Waals surface area contributed by atoms with E-state index in [4.69, 9.17) is 0 Å². The number of aryl methyl sites for hydroxylation is 2. The molecule has 0 atom stereocenters. The molecule has 0 radical (unpaired) electrons. The second kappa shape index (κ2) is 6.23. The maximum absolute atomic E-state index is 12.5. The van der Waals surface area contributed by atoms with Gasteiger partial charge in [-0.05, 0) is 44.2 Å². The van der Waals surface area contributed by atoms with Crippen molar-refractivity contribution in [2.45, 2.75) is 46.0 Å². The molecule has 0 saturated heterocycles. The molecular formula is C17H25NO. The highest BCUT2D eigenvalue weighted by molar-refractivity contribution is 5.95. The van der Waals surface area contributed by atoms with Gasteiger partial charge >= 0.3 is 0 Å². The molecule has 1 aromatic carbocycles. The van der Waals surface area contributed by atoms with E-state index in [0.717, 1.165) is 17.7 Å². The van der Waals surface area contributed by atoms with Crippen LogP contribution in [-0.4, -0.2) is 24.4 Å². The van der Waals surface area contributed by atoms with Gasteiger partial charge in [-0.15, -0.1) is 0 Å². The van der Waals surface area contributed by atoms with Crippen molar-refractivity contribution in [2.75, 3.05) is 13.6 Å². The molecule has 1 amide bonds. The number of rotatable bonds is 3. The van der Waals surface area contributed by atoms with Gasteiger partial charge in [-0.2, -0.15) is 0 Å². The first-order chi connectivity index (χ1) is 9.08. The third-order valence-electron chi connectivity index (χ3n) is 4.22. The summed E-state index contributed by atoms with van der Waals surface area (Å²) in [7, 11) is 1.94. The minimum atomic E-state index is 0.170. The lowest BCUT2D eigenvalue weighted by molar-refractivity contribution is 0.0760. The molecule has 0 spiro atoms. The van der Waals surface area contributed by atoms with Gasteiger partial charge in [0.05, 0.1) is 0 Å². The van der Waals surface area contributed by atoms with Gasteiger partial charge in [0.2, 0.25) is 0 Å². The van der Waals surface area contributed by atoms with E-state index < -0.39 is 0 Å². The Kier molecular flexibility index (Phi) is 4.62. The third kappa shape index (κ3) is 3.59. The molecule has 0 N–H and O–H groups in total. The number of hydrogen-bond donors (Lipinski definition) is 0. The Morgan fingerprint density at radius 2 is 1.89 bits per heavy atom. The average molecular weight is 259 g/mol. The van der Waals surface area contributed by atoms with Gasteiger partial charge in [-0.1, -0.05) is 37.0 Å². The highest BCUT2D eigenvalue weighted by Crippen LogP contribution is 2.24. The van der Waals surface area contributed by atoms with Crippen LogP contribution in [0.4, 0.5) is 0 Å². The van der Waals surface area contributed by atoms with Gasteiger partial charge in [0.15, 0.2) is 0 Å². The van der Waals surface area contributed by atoms with E-state index >= 15 is 0 Å². The Morgan fingerprint density at radius 1 is 1.21 bits per heavy atom. The molecule has 0 aromatic heterocycles. The summed E-state index contributed by atoms with van der Waals surface area (Å²) >= 11 is 0. The summed E-state index contributed by atoms with van der Waals surface area (Å²) in [4.78, 5) is 14.4. The van der Waals surface area contributed by atoms with Crippen LogP contribution in [0.5, 0.6) is 0 Å². The molecule has 0 aliphatic heterocycles. The maximum atomic E-state index is 12.5. The van der Waals surface area contributed by atoms with Crippen LogP contribution < -0.4 is 0 Å². The summed E-state index contributed by atoms with van der Waals surface area (Å²) in [5.41, 5.74) is 3.15. The highest BCUT2D eigenvalue weighted by atomic mass is 16.2. The molecule has 0 heterocycles. The van der Waals surface area contributed by atoms with Crippen LogP contribution in [0.25, 0.3) is 0 Å². The Hall–Kier alpha value is -1.31. The van der Waals surface area contributed by atoms with E-state index in [0.29, 0.717) is 5.92 Å². The molecule has 1 aliphatic rings. The second-order valence-electron chi connectivity index (χ2n) is 6.01. The number of nitrogens with zero attached hydrogens (tertiary/aromatic N) is 1. The predicted octanol–water partition coefficient (Wildman–Crippen LogP) is 3.96. The van der Waals surface area contributed by atoms with Crippen LogP contribution in [0.15, 0.2) is 18.2 Å². The topological polar surface area (TPSA) is 20.3 Å². The molecule has 0 bridgehead atoms. The SMILES string of the molecule is Cc1ccc(C(=O)N(C)CC2CCCCC2)c(C)c1. The zero-order chi connectivity index (χ0) is 13.8. The van der Waals surface area contributed by atoms with Gasteiger partial charge < -0.3 is 4.90 Å². The molecule has 1 aliphatic carbocycles. The second-order valence-corrected chi connectivity index (χ2v) is 6.01. The fourth-order valence-electron chi connectivity index (χ4n) is 3.10. The predicted molar refractivity (Wildman–Crippen MR) is 79.5 cm³/mol. The van der Waals surface area contributed by atoms with Crippen LogP contribution in [0, 0.1) is 19.8 Å². The summed E-state index contributed by atoms with van der Waals surface area (Å²) in [6.07, 6.45) is 6.59. The summed E-state index contributed by atoms with van der Waals surface area (Å²) in [5, 5.41) is 0. The van der Waals surface area contributed by atoms with Crippen molar-refractivity contribution in [2.24, 2.45) is 5.92 Å². The first kappa shape index (κ1) is 14.1. The quantitative estimate of drug-likeness (QED) is 0.804. The fraction of sp³-hybridized carbons (Fsp3) is 0.588. The van der Waals surface area contributed by atoms with E-state index in [2.05, 4.69) is 13.0 Å². The van der Waals surface area contributed by atoms with Crippen molar-refractivity contribution in [1.82, 2.24) is 4.90 Å². The normalized spacial score (nSPS) is 16.4. The van der Waals surface area contributed by atoms with Crippen molar-refractivity contribution in [3.05, 3.63) is 34.9 Å². The maximum Gasteiger partial charge on any atom is 0.253 e. The van der Waals surface area contributed by atoms with Gasteiger partial charge in [0.25, 0.3) is 5.91 Å². The average Bonchev–Trinajstić information content (AvgIpc) is 2.39. The Bertz CT molecular complexity index is 447. The Labute approximate surface area is 116 Å². The smallest absolute Gasteiger partial charge is 0.253 e. The first-order valence-electron chi connectivity index (χ1n) is 7.40. The van der Waals surface area contributed by atoms with Crippen molar-refractivity contribution in [1.29, 1.82) is 0 Å². The van der Waals surface area contributed by atoms with Gasteiger partial charge in [0.1, 0.15) is 0 Å². The molecule has 1 aromatic rings. The van der Waals surface area contributed by atoms with Gasteiger partial charge in [-0.3, -0.25) is 4.79 Å². The molecule has 104 valence electrons. The summed E-state index contributed by atoms with van der Waals surface area (Å²) < 4.78 is 0. The molecule has 19 heavy (non-hydrogen) atoms. The van der Waals surface area contributed by atoms with Gasteiger partial charge in [-0.25, -0.2) is 0 Å². The third-order valence-corrected chi connectivity index (χ3v) is 4.22. The highest BCUT2D eigenvalue weighted by Gasteiger charge is 2.20. The zero-order valence-corrected chi connectivity index (χ0v) is 12.4. The zero-order valence-electron chi connectivity index (χ0n) is 12.4. The fourth-order valence-corrected chi connectivity index (χ4v) is 3.10. The molecule has 2 heteroatoms. The van der Waals surface area contributed by atoms with Crippen LogP contribution in [0.3, 0.4) is 0 Å². The van der Waals surface area contributed by atoms with E-state index in [-0.39, 0.29) is 5.91 Å². The Balaban J connectivity index is 2.01. The monoisotopic (exact) mass is 259 g/mol. The molecule has 1 fully saturated rings. The van der Waals surface area contributed by atoms with Crippen molar-refractivity contribution in [3.63, 3.8) is 0 Å². The van der Waals surface area contributed by atoms with Crippen LogP contribution in [0.1, 0.15) is 53.6 Å². The molecular weight excluding hydrogens is 234 g/mol. The molecule has 2 nitrogen and oxygen atoms in total. The lowest BCUT2D eigenvalue weighted by Gasteiger charge is -2.27. The number of amides is 1. The Morgan fingerprint density at radius 3 is 2.53 bits per heavy atom. The minimum Gasteiger partial charge on any atom is -0.341 e. The van der Waals surface area contributed by atoms with Gasteiger partial charge in [0, 0.05) is 19.2 Å². The van der Waals surface area contributed by atoms with E-state index in [1.54, 1.807) is 0 Å². The van der Waals surface area contributed by atoms with Crippen LogP contribution >= 0.6 is 0 Å². The summed E-state index contributed by atoms with van der Waals surface area (Å²) in [5.74, 6) is 0.872. The van der Waals surface area contributed by atoms with E-state index in [1.807, 2.05) is 31.0 Å². The number of benzene rings is 1. The van der Waals surface area contributed by atoms with Crippen molar-refractivity contribution < 1.29 is 4.79 Å². The van der Waals surface area contributed by atoms with Crippen molar-refractivity contribution >= 4 is 5.91 Å². The lowest BCUT2D eigenvalue weighted by Crippen LogP contribution is -2.33. The molecule has 0 unspecified atom stereocenters. The first-order valence-corrected chi connectivity index (χ1v) is 7.40. The van der Waals surface area contributed by atoms with E-state index in [9.17, 15) is 4.79 Å². The number of carbonyl (C=O) groups is 1. The summed E-state index contributed by atoms with van der Waals surface area (Å²) in [6.45, 7) is 4.99.